The van der Waals surface area contributed by atoms with Gasteiger partial charge in [-0.15, -0.1) is 0 Å². The van der Waals surface area contributed by atoms with Crippen molar-refractivity contribution in [2.75, 3.05) is 13.2 Å². The fraction of sp³-hybridized carbons (Fsp3) is 0.674. The molecule has 1 aromatic rings. The molecule has 0 bridgehead atoms. The van der Waals surface area contributed by atoms with E-state index in [4.69, 9.17) is 23.7 Å². The van der Waals surface area contributed by atoms with E-state index < -0.39 is 53.7 Å². The van der Waals surface area contributed by atoms with Gasteiger partial charge in [0.2, 0.25) is 11.8 Å². The van der Waals surface area contributed by atoms with Crippen LogP contribution in [0, 0.1) is 17.8 Å². The maximum absolute atomic E-state index is 14.4. The molecule has 3 heterocycles. The summed E-state index contributed by atoms with van der Waals surface area (Å²) >= 11 is 0. The largest absolute Gasteiger partial charge is 0.460 e. The van der Waals surface area contributed by atoms with Crippen molar-refractivity contribution in [3.8, 4) is 0 Å². The molecule has 12 heteroatoms. The second kappa shape index (κ2) is 15.4. The summed E-state index contributed by atoms with van der Waals surface area (Å²) in [5, 5.41) is 12.9. The van der Waals surface area contributed by atoms with Gasteiger partial charge in [0.25, 0.3) is 0 Å². The zero-order valence-corrected chi connectivity index (χ0v) is 32.3. The molecule has 7 aliphatic rings. The van der Waals surface area contributed by atoms with Gasteiger partial charge in [-0.1, -0.05) is 30.4 Å². The highest BCUT2D eigenvalue weighted by Crippen LogP contribution is 2.59. The smallest absolute Gasteiger partial charge is 0.339 e. The van der Waals surface area contributed by atoms with Crippen LogP contribution in [-0.2, 0) is 38.1 Å². The van der Waals surface area contributed by atoms with Crippen LogP contribution >= 0.6 is 0 Å². The van der Waals surface area contributed by atoms with Gasteiger partial charge >= 0.3 is 11.9 Å². The Labute approximate surface area is 323 Å². The number of aliphatic hydroxyl groups excluding tert-OH is 1. The minimum absolute atomic E-state index is 0.0361. The Bertz CT molecular complexity index is 1700. The van der Waals surface area contributed by atoms with E-state index in [0.717, 1.165) is 50.5 Å². The molecule has 3 saturated heterocycles. The Morgan fingerprint density at radius 2 is 1.78 bits per heavy atom. The maximum Gasteiger partial charge on any atom is 0.339 e. The number of carbonyl (C=O) groups excluding carboxylic acids is 4. The van der Waals surface area contributed by atoms with E-state index in [0.29, 0.717) is 48.6 Å². The first-order valence-electron chi connectivity index (χ1n) is 20.5. The molecular formula is C43H56N2O10. The minimum Gasteiger partial charge on any atom is -0.460 e. The van der Waals surface area contributed by atoms with Gasteiger partial charge < -0.3 is 39.0 Å². The molecule has 8 rings (SSSR count). The molecule has 55 heavy (non-hydrogen) atoms. The number of nitrogens with one attached hydrogen (secondary N) is 1. The third kappa shape index (κ3) is 8.57. The Morgan fingerprint density at radius 1 is 1.02 bits per heavy atom. The summed E-state index contributed by atoms with van der Waals surface area (Å²) < 4.78 is 31.1. The average Bonchev–Trinajstić information content (AvgIpc) is 4.09. The fourth-order valence-electron chi connectivity index (χ4n) is 9.10. The first-order valence-corrected chi connectivity index (χ1v) is 20.5. The summed E-state index contributed by atoms with van der Waals surface area (Å²) in [6.45, 7) is 5.38. The van der Waals surface area contributed by atoms with E-state index in [1.165, 1.54) is 0 Å². The number of aliphatic hydroxyl groups is 1. The monoisotopic (exact) mass is 760 g/mol. The third-order valence-electron chi connectivity index (χ3n) is 12.2. The molecule has 0 radical (unpaired) electrons. The molecule has 1 aromatic carbocycles. The number of nitrogens with zero attached hydrogens (tertiary/aromatic N) is 1. The summed E-state index contributed by atoms with van der Waals surface area (Å²) in [4.78, 5) is 55.9. The standard InChI is InChI=1S/C43H56N2O10/c1-42(2,3)54-37(47)19-17-30(24-46)44-39(48)32-9-6-20-45(32)40(49)27-22-35(38-36(23-27)53-43(55-38,28-13-14-28)29-15-16-29)52-41(50)31-8-5-4-7-26(31)12-10-25-11-18-33-34(21-25)51-33/h4-5,7-8,10,12,23,25,28-30,32-36,38,46H,6,9,11,13-22,24H2,1-3H3,(H,44,48). The van der Waals surface area contributed by atoms with Crippen LogP contribution in [0.1, 0.15) is 114 Å². The van der Waals surface area contributed by atoms with Crippen LogP contribution in [0.15, 0.2) is 42.0 Å². The Balaban J connectivity index is 0.975. The van der Waals surface area contributed by atoms with Gasteiger partial charge in [-0.2, -0.15) is 0 Å². The van der Waals surface area contributed by atoms with E-state index >= 15 is 0 Å². The van der Waals surface area contributed by atoms with Gasteiger partial charge in [0, 0.05) is 36.8 Å². The molecule has 3 aliphatic heterocycles. The molecule has 8 atom stereocenters. The van der Waals surface area contributed by atoms with Crippen LogP contribution in [0.4, 0.5) is 0 Å². The van der Waals surface area contributed by atoms with E-state index in [-0.39, 0.29) is 49.5 Å². The number of likely N-dealkylation sites (tertiary alicyclic amines) is 1. The quantitative estimate of drug-likeness (QED) is 0.207. The van der Waals surface area contributed by atoms with Gasteiger partial charge in [0.15, 0.2) is 5.79 Å². The van der Waals surface area contributed by atoms with Gasteiger partial charge in [-0.05, 0) is 109 Å². The predicted octanol–water partition coefficient (Wildman–Crippen LogP) is 5.01. The van der Waals surface area contributed by atoms with Crippen molar-refractivity contribution < 1.29 is 48.0 Å². The van der Waals surface area contributed by atoms with Gasteiger partial charge in [0.05, 0.1) is 30.4 Å². The summed E-state index contributed by atoms with van der Waals surface area (Å²) in [6.07, 6.45) is 13.5. The summed E-state index contributed by atoms with van der Waals surface area (Å²) in [7, 11) is 0. The molecule has 2 N–H and O–H groups in total. The van der Waals surface area contributed by atoms with Crippen molar-refractivity contribution in [3.63, 3.8) is 0 Å². The van der Waals surface area contributed by atoms with Crippen molar-refractivity contribution in [1.29, 1.82) is 0 Å². The molecule has 2 amide bonds. The zero-order chi connectivity index (χ0) is 38.5. The predicted molar refractivity (Wildman–Crippen MR) is 200 cm³/mol. The lowest BCUT2D eigenvalue weighted by molar-refractivity contribution is -0.209. The number of amides is 2. The Kier molecular flexibility index (Phi) is 10.7. The topological polar surface area (TPSA) is 153 Å². The number of hydrogen-bond acceptors (Lipinski definition) is 10. The lowest BCUT2D eigenvalue weighted by Crippen LogP contribution is -2.51. The highest BCUT2D eigenvalue weighted by Gasteiger charge is 2.64. The Morgan fingerprint density at radius 3 is 2.49 bits per heavy atom. The van der Waals surface area contributed by atoms with Crippen molar-refractivity contribution >= 4 is 29.8 Å². The van der Waals surface area contributed by atoms with Crippen LogP contribution in [0.3, 0.4) is 0 Å². The SMILES string of the molecule is CC(C)(C)OC(=O)CCC(CO)NC(=O)C1CCCN1C(=O)C1=CC2OC(C3CC3)(C3CC3)OC2C(OC(=O)c2ccccc2C=CC2CCC3OC3C2)C1. The molecule has 4 aliphatic carbocycles. The van der Waals surface area contributed by atoms with Crippen molar-refractivity contribution in [3.05, 3.63) is 53.1 Å². The molecule has 6 fully saturated rings. The van der Waals surface area contributed by atoms with E-state index in [1.807, 2.05) is 30.4 Å². The van der Waals surface area contributed by atoms with Gasteiger partial charge in [-0.3, -0.25) is 14.4 Å². The number of fused-ring (bicyclic) bond motifs is 2. The number of allylic oxidation sites excluding steroid dienone is 1. The number of epoxide rings is 1. The fourth-order valence-corrected chi connectivity index (χ4v) is 9.10. The number of rotatable bonds is 13. The van der Waals surface area contributed by atoms with E-state index in [9.17, 15) is 24.3 Å². The van der Waals surface area contributed by atoms with E-state index in [2.05, 4.69) is 11.4 Å². The maximum atomic E-state index is 14.4. The number of carbonyl (C=O) groups is 4. The first-order chi connectivity index (χ1) is 26.4. The molecule has 3 saturated carbocycles. The average molecular weight is 761 g/mol. The molecule has 8 unspecified atom stereocenters. The van der Waals surface area contributed by atoms with Gasteiger partial charge in [0.1, 0.15) is 30.0 Å². The van der Waals surface area contributed by atoms with Crippen LogP contribution in [0.2, 0.25) is 0 Å². The third-order valence-corrected chi connectivity index (χ3v) is 12.2. The van der Waals surface area contributed by atoms with Crippen LogP contribution in [-0.4, -0.2) is 101 Å². The lowest BCUT2D eigenvalue weighted by atomic mass is 9.88. The molecule has 12 nitrogen and oxygen atoms in total. The molecule has 0 aromatic heterocycles. The number of ether oxygens (including phenoxy) is 5. The second-order valence-corrected chi connectivity index (χ2v) is 17.7. The number of esters is 2. The number of hydrogen-bond donors (Lipinski definition) is 2. The number of benzene rings is 1. The summed E-state index contributed by atoms with van der Waals surface area (Å²) in [5.41, 5.74) is 1.02. The van der Waals surface area contributed by atoms with E-state index in [1.54, 1.807) is 31.7 Å². The van der Waals surface area contributed by atoms with Crippen LogP contribution in [0.25, 0.3) is 6.08 Å². The highest BCUT2D eigenvalue weighted by atomic mass is 16.8. The molecular weight excluding hydrogens is 704 g/mol. The summed E-state index contributed by atoms with van der Waals surface area (Å²) in [5.74, 6) is -1.36. The lowest BCUT2D eigenvalue weighted by Gasteiger charge is -2.33. The minimum atomic E-state index is -0.776. The van der Waals surface area contributed by atoms with Crippen LogP contribution in [0.5, 0.6) is 0 Å². The van der Waals surface area contributed by atoms with Crippen molar-refractivity contribution in [1.82, 2.24) is 10.2 Å². The zero-order valence-electron chi connectivity index (χ0n) is 32.3. The van der Waals surface area contributed by atoms with Crippen LogP contribution < -0.4 is 5.32 Å². The van der Waals surface area contributed by atoms with Gasteiger partial charge in [-0.25, -0.2) is 4.79 Å². The molecule has 0 spiro atoms. The first kappa shape index (κ1) is 38.3. The highest BCUT2D eigenvalue weighted by molar-refractivity contribution is 5.98. The summed E-state index contributed by atoms with van der Waals surface area (Å²) in [6, 6.07) is 6.01. The van der Waals surface area contributed by atoms with Crippen molar-refractivity contribution in [2.45, 2.75) is 152 Å². The van der Waals surface area contributed by atoms with Crippen molar-refractivity contribution in [2.24, 2.45) is 17.8 Å². The Hall–Kier alpha value is -3.58. The normalized spacial score (nSPS) is 31.6. The molecule has 298 valence electrons. The second-order valence-electron chi connectivity index (χ2n) is 17.7.